The molecular formula is C20H15N5O2. The number of allylic oxidation sites excluding steroid dienone is 1. The number of ether oxygens (including phenoxy) is 1. The summed E-state index contributed by atoms with van der Waals surface area (Å²) >= 11 is 0. The molecule has 0 spiro atoms. The van der Waals surface area contributed by atoms with Crippen molar-refractivity contribution >= 4 is 17.2 Å². The molecule has 7 heteroatoms. The largest absolute Gasteiger partial charge is 0.437 e. The maximum absolute atomic E-state index is 12.9. The number of fused-ring (bicyclic) bond motifs is 3. The number of nitrogens with two attached hydrogens (primary N) is 1. The van der Waals surface area contributed by atoms with Crippen LogP contribution in [0.4, 0.5) is 0 Å². The first-order chi connectivity index (χ1) is 13.2. The van der Waals surface area contributed by atoms with Gasteiger partial charge < -0.3 is 15.1 Å². The van der Waals surface area contributed by atoms with Crippen LogP contribution in [0, 0.1) is 11.3 Å². The predicted molar refractivity (Wildman–Crippen MR) is 102 cm³/mol. The third-order valence-corrected chi connectivity index (χ3v) is 4.43. The van der Waals surface area contributed by atoms with Crippen molar-refractivity contribution in [1.82, 2.24) is 10.4 Å². The van der Waals surface area contributed by atoms with E-state index in [1.807, 2.05) is 48.5 Å². The Morgan fingerprint density at radius 1 is 1.19 bits per heavy atom. The van der Waals surface area contributed by atoms with Gasteiger partial charge in [-0.2, -0.15) is 5.26 Å². The van der Waals surface area contributed by atoms with Crippen LogP contribution < -0.4 is 21.6 Å². The van der Waals surface area contributed by atoms with E-state index in [9.17, 15) is 10.1 Å². The molecule has 4 N–H and O–H groups in total. The van der Waals surface area contributed by atoms with Crippen molar-refractivity contribution in [2.24, 2.45) is 10.8 Å². The highest BCUT2D eigenvalue weighted by molar-refractivity contribution is 5.87. The molecule has 1 aliphatic rings. The average Bonchev–Trinajstić information content (AvgIpc) is 2.71. The van der Waals surface area contributed by atoms with E-state index in [2.05, 4.69) is 21.5 Å². The van der Waals surface area contributed by atoms with E-state index in [1.165, 1.54) is 6.34 Å². The highest BCUT2D eigenvalue weighted by Crippen LogP contribution is 2.43. The first-order valence-electron chi connectivity index (χ1n) is 8.25. The lowest BCUT2D eigenvalue weighted by atomic mass is 9.83. The second-order valence-electron chi connectivity index (χ2n) is 5.94. The van der Waals surface area contributed by atoms with Crippen molar-refractivity contribution in [1.29, 1.82) is 5.26 Å². The zero-order chi connectivity index (χ0) is 18.8. The van der Waals surface area contributed by atoms with Gasteiger partial charge in [0.1, 0.15) is 23.7 Å². The number of aliphatic imine (C=N–C) groups is 1. The van der Waals surface area contributed by atoms with E-state index < -0.39 is 5.92 Å². The molecule has 0 saturated heterocycles. The summed E-state index contributed by atoms with van der Waals surface area (Å²) in [5.41, 5.74) is 4.07. The minimum atomic E-state index is -0.599. The van der Waals surface area contributed by atoms with Gasteiger partial charge in [0.25, 0.3) is 5.56 Å². The zero-order valence-electron chi connectivity index (χ0n) is 14.1. The molecule has 0 saturated carbocycles. The Hall–Kier alpha value is -3.89. The fraction of sp³-hybridized carbons (Fsp3) is 0.0500. The molecule has 0 aliphatic carbocycles. The molecule has 2 heterocycles. The van der Waals surface area contributed by atoms with E-state index in [-0.39, 0.29) is 17.0 Å². The monoisotopic (exact) mass is 357 g/mol. The molecule has 7 nitrogen and oxygen atoms in total. The van der Waals surface area contributed by atoms with Crippen molar-refractivity contribution in [2.75, 3.05) is 0 Å². The summed E-state index contributed by atoms with van der Waals surface area (Å²) in [5, 5.41) is 10.5. The summed E-state index contributed by atoms with van der Waals surface area (Å²) in [5.74, 6) is 5.17. The van der Waals surface area contributed by atoms with Gasteiger partial charge in [-0.05, 0) is 17.7 Å². The van der Waals surface area contributed by atoms with Crippen LogP contribution in [0.3, 0.4) is 0 Å². The van der Waals surface area contributed by atoms with Gasteiger partial charge in [-0.15, -0.1) is 0 Å². The van der Waals surface area contributed by atoms with E-state index >= 15 is 0 Å². The normalized spacial score (nSPS) is 16.1. The molecule has 0 fully saturated rings. The Labute approximate surface area is 154 Å². The number of rotatable bonds is 3. The second kappa shape index (κ2) is 6.78. The number of hydrogen-bond donors (Lipinski definition) is 3. The van der Waals surface area contributed by atoms with Gasteiger partial charge in [0.05, 0.1) is 17.0 Å². The lowest BCUT2D eigenvalue weighted by molar-refractivity contribution is 0.398. The first-order valence-corrected chi connectivity index (χ1v) is 8.25. The number of benzene rings is 2. The van der Waals surface area contributed by atoms with Gasteiger partial charge in [-0.3, -0.25) is 4.79 Å². The van der Waals surface area contributed by atoms with Crippen molar-refractivity contribution in [3.63, 3.8) is 0 Å². The number of H-pyrrole nitrogens is 1. The summed E-state index contributed by atoms with van der Waals surface area (Å²) in [4.78, 5) is 19.9. The van der Waals surface area contributed by atoms with Gasteiger partial charge in [0.15, 0.2) is 0 Å². The molecule has 0 bridgehead atoms. The molecule has 1 aliphatic heterocycles. The third-order valence-electron chi connectivity index (χ3n) is 4.43. The number of pyridine rings is 1. The number of para-hydroxylation sites is 1. The first kappa shape index (κ1) is 16.6. The number of aromatic nitrogens is 1. The Morgan fingerprint density at radius 3 is 2.67 bits per heavy atom. The smallest absolute Gasteiger partial charge is 0.256 e. The summed E-state index contributed by atoms with van der Waals surface area (Å²) < 4.78 is 5.93. The third kappa shape index (κ3) is 2.74. The number of nitrogens with one attached hydrogen (secondary N) is 2. The molecule has 0 amide bonds. The van der Waals surface area contributed by atoms with Gasteiger partial charge in [0, 0.05) is 5.39 Å². The van der Waals surface area contributed by atoms with Gasteiger partial charge >= 0.3 is 0 Å². The summed E-state index contributed by atoms with van der Waals surface area (Å²) in [6, 6.07) is 18.8. The van der Waals surface area contributed by atoms with Gasteiger partial charge in [-0.25, -0.2) is 10.8 Å². The van der Waals surface area contributed by atoms with Crippen molar-refractivity contribution in [2.45, 2.75) is 5.92 Å². The second-order valence-corrected chi connectivity index (χ2v) is 5.94. The maximum atomic E-state index is 12.9. The van der Waals surface area contributed by atoms with Gasteiger partial charge in [0.2, 0.25) is 5.88 Å². The van der Waals surface area contributed by atoms with Crippen LogP contribution in [-0.4, -0.2) is 11.3 Å². The van der Waals surface area contributed by atoms with Crippen LogP contribution in [0.5, 0.6) is 5.75 Å². The number of aromatic amines is 1. The molecule has 1 atom stereocenters. The Morgan fingerprint density at radius 2 is 1.93 bits per heavy atom. The van der Waals surface area contributed by atoms with Crippen molar-refractivity contribution in [3.8, 4) is 11.8 Å². The Balaban J connectivity index is 2.08. The molecule has 1 unspecified atom stereocenters. The van der Waals surface area contributed by atoms with E-state index in [1.54, 1.807) is 6.07 Å². The highest BCUT2D eigenvalue weighted by atomic mass is 16.5. The number of nitrogens with zero attached hydrogens (tertiary/aromatic N) is 2. The number of hydrogen-bond acceptors (Lipinski definition) is 5. The van der Waals surface area contributed by atoms with Crippen LogP contribution in [0.15, 0.2) is 75.8 Å². The molecule has 3 aromatic rings. The number of nitriles is 1. The molecule has 1 aromatic heterocycles. The van der Waals surface area contributed by atoms with Crippen molar-refractivity contribution < 1.29 is 4.74 Å². The van der Waals surface area contributed by atoms with E-state index in [0.29, 0.717) is 16.8 Å². The molecule has 0 radical (unpaired) electrons. The lowest BCUT2D eigenvalue weighted by Crippen LogP contribution is -2.26. The van der Waals surface area contributed by atoms with Crippen LogP contribution in [0.1, 0.15) is 17.0 Å². The average molecular weight is 357 g/mol. The fourth-order valence-electron chi connectivity index (χ4n) is 3.30. The number of hydrazine groups is 1. The van der Waals surface area contributed by atoms with Gasteiger partial charge in [-0.1, -0.05) is 42.5 Å². The molecule has 132 valence electrons. The van der Waals surface area contributed by atoms with Crippen LogP contribution in [-0.2, 0) is 0 Å². The standard InChI is InChI=1S/C20H15N5O2/c21-10-14-16(12-6-2-1-3-7-12)17-18(27-20(14)23-11-24-22)13-8-4-5-9-15(13)25-19(17)26/h1-9,11,16H,22H2,(H,23,24)(H,25,26). The fourth-order valence-corrected chi connectivity index (χ4v) is 3.30. The van der Waals surface area contributed by atoms with E-state index in [4.69, 9.17) is 10.6 Å². The van der Waals surface area contributed by atoms with Crippen molar-refractivity contribution in [3.05, 3.63) is 87.5 Å². The predicted octanol–water partition coefficient (Wildman–Crippen LogP) is 2.28. The van der Waals surface area contributed by atoms with Crippen LogP contribution >= 0.6 is 0 Å². The molecule has 2 aromatic carbocycles. The minimum Gasteiger partial charge on any atom is -0.437 e. The van der Waals surface area contributed by atoms with Crippen LogP contribution in [0.25, 0.3) is 10.9 Å². The summed E-state index contributed by atoms with van der Waals surface area (Å²) in [7, 11) is 0. The maximum Gasteiger partial charge on any atom is 0.256 e. The zero-order valence-corrected chi connectivity index (χ0v) is 14.1. The summed E-state index contributed by atoms with van der Waals surface area (Å²) in [6.07, 6.45) is 1.23. The SMILES string of the molecule is N#CC1=C(/N=C/NN)Oc2c(c(=O)[nH]c3ccccc23)C1c1ccccc1. The molecular weight excluding hydrogens is 342 g/mol. The van der Waals surface area contributed by atoms with E-state index in [0.717, 1.165) is 10.9 Å². The molecule has 4 rings (SSSR count). The Bertz CT molecular complexity index is 1170. The lowest BCUT2D eigenvalue weighted by Gasteiger charge is -2.26. The minimum absolute atomic E-state index is 0.104. The molecule has 27 heavy (non-hydrogen) atoms. The highest BCUT2D eigenvalue weighted by Gasteiger charge is 2.35. The summed E-state index contributed by atoms with van der Waals surface area (Å²) in [6.45, 7) is 0. The topological polar surface area (TPSA) is 116 Å². The quantitative estimate of drug-likeness (QED) is 0.288. The van der Waals surface area contributed by atoms with Crippen LogP contribution in [0.2, 0.25) is 0 Å². The Kier molecular flexibility index (Phi) is 4.16.